The summed E-state index contributed by atoms with van der Waals surface area (Å²) in [6.07, 6.45) is 2.02. The van der Waals surface area contributed by atoms with Crippen LogP contribution in [0.25, 0.3) is 0 Å². The largest absolute Gasteiger partial charge is 0.497 e. The minimum atomic E-state index is -0.104. The van der Waals surface area contributed by atoms with E-state index in [0.29, 0.717) is 17.2 Å². The lowest BCUT2D eigenvalue weighted by atomic mass is 10.2. The molecular weight excluding hydrogens is 312 g/mol. The normalized spacial score (nSPS) is 17.1. The number of likely N-dealkylation sites (tertiary alicyclic amines) is 1. The van der Waals surface area contributed by atoms with Gasteiger partial charge in [-0.05, 0) is 36.4 Å². The second kappa shape index (κ2) is 6.91. The van der Waals surface area contributed by atoms with Gasteiger partial charge < -0.3 is 19.7 Å². The van der Waals surface area contributed by atoms with Crippen molar-refractivity contribution in [3.63, 3.8) is 0 Å². The van der Waals surface area contributed by atoms with E-state index in [9.17, 15) is 4.79 Å². The number of hydrogen-bond acceptors (Lipinski definition) is 4. The zero-order chi connectivity index (χ0) is 16.2. The van der Waals surface area contributed by atoms with Gasteiger partial charge in [-0.1, -0.05) is 6.07 Å². The molecule has 6 heteroatoms. The molecule has 1 aliphatic rings. The first-order valence-corrected chi connectivity index (χ1v) is 8.44. The van der Waals surface area contributed by atoms with Crippen molar-refractivity contribution in [2.24, 2.45) is 0 Å². The van der Waals surface area contributed by atoms with Crippen LogP contribution in [0.3, 0.4) is 0 Å². The summed E-state index contributed by atoms with van der Waals surface area (Å²) in [6.45, 7) is 0.765. The lowest BCUT2D eigenvalue weighted by molar-refractivity contribution is 0.207. The Bertz CT molecular complexity index is 672. The number of rotatable bonds is 4. The highest BCUT2D eigenvalue weighted by molar-refractivity contribution is 7.10. The van der Waals surface area contributed by atoms with Crippen LogP contribution >= 0.6 is 11.3 Å². The minimum absolute atomic E-state index is 0.104. The molecular formula is C17H20N2O3S. The summed E-state index contributed by atoms with van der Waals surface area (Å²) in [5.41, 5.74) is 0.619. The fourth-order valence-electron chi connectivity index (χ4n) is 2.89. The van der Waals surface area contributed by atoms with Gasteiger partial charge in [-0.3, -0.25) is 0 Å². The molecule has 1 aromatic carbocycles. The van der Waals surface area contributed by atoms with Crippen molar-refractivity contribution >= 4 is 23.1 Å². The molecule has 122 valence electrons. The van der Waals surface area contributed by atoms with Crippen LogP contribution in [0.2, 0.25) is 0 Å². The number of ether oxygens (including phenoxy) is 2. The van der Waals surface area contributed by atoms with E-state index in [2.05, 4.69) is 16.8 Å². The van der Waals surface area contributed by atoms with Crippen molar-refractivity contribution in [2.75, 3.05) is 26.1 Å². The molecule has 0 saturated carbocycles. The molecule has 1 N–H and O–H groups in total. The summed E-state index contributed by atoms with van der Waals surface area (Å²) in [7, 11) is 3.18. The molecule has 2 amide bonds. The number of thiophene rings is 1. The number of nitrogens with zero attached hydrogens (tertiary/aromatic N) is 1. The highest BCUT2D eigenvalue weighted by atomic mass is 32.1. The van der Waals surface area contributed by atoms with E-state index in [4.69, 9.17) is 9.47 Å². The lowest BCUT2D eigenvalue weighted by Gasteiger charge is -2.24. The van der Waals surface area contributed by atoms with Gasteiger partial charge in [0.25, 0.3) is 0 Å². The maximum atomic E-state index is 12.7. The number of benzene rings is 1. The summed E-state index contributed by atoms with van der Waals surface area (Å²) in [5.74, 6) is 1.29. The second-order valence-electron chi connectivity index (χ2n) is 5.36. The van der Waals surface area contributed by atoms with Gasteiger partial charge in [-0.25, -0.2) is 4.79 Å². The third kappa shape index (κ3) is 3.27. The van der Waals surface area contributed by atoms with Crippen molar-refractivity contribution < 1.29 is 14.3 Å². The summed E-state index contributed by atoms with van der Waals surface area (Å²) in [4.78, 5) is 15.8. The number of methoxy groups -OCH3 is 2. The minimum Gasteiger partial charge on any atom is -0.497 e. The van der Waals surface area contributed by atoms with Gasteiger partial charge in [0.2, 0.25) is 0 Å². The molecule has 0 bridgehead atoms. The molecule has 2 heterocycles. The van der Waals surface area contributed by atoms with Crippen molar-refractivity contribution in [3.8, 4) is 11.5 Å². The number of nitrogens with one attached hydrogen (secondary N) is 1. The van der Waals surface area contributed by atoms with Crippen molar-refractivity contribution in [1.82, 2.24) is 4.90 Å². The average molecular weight is 332 g/mol. The quantitative estimate of drug-likeness (QED) is 0.916. The van der Waals surface area contributed by atoms with E-state index < -0.39 is 0 Å². The van der Waals surface area contributed by atoms with Gasteiger partial charge in [-0.15, -0.1) is 11.3 Å². The van der Waals surface area contributed by atoms with Crippen LogP contribution in [0.15, 0.2) is 35.7 Å². The topological polar surface area (TPSA) is 50.8 Å². The Morgan fingerprint density at radius 1 is 1.30 bits per heavy atom. The Labute approximate surface area is 139 Å². The molecule has 3 rings (SSSR count). The summed E-state index contributed by atoms with van der Waals surface area (Å²) in [5, 5.41) is 5.01. The van der Waals surface area contributed by atoms with Crippen molar-refractivity contribution in [3.05, 3.63) is 40.6 Å². The standard InChI is InChI=1S/C17H20N2O3S/c1-21-12-7-8-15(22-2)13(11-12)18-17(20)19-9-3-5-14(19)16-6-4-10-23-16/h4,6-8,10-11,14H,3,5,9H2,1-2H3,(H,18,20)/t14-/m0/s1. The molecule has 1 atom stereocenters. The summed E-state index contributed by atoms with van der Waals surface area (Å²) in [6, 6.07) is 9.53. The fraction of sp³-hybridized carbons (Fsp3) is 0.353. The number of carbonyl (C=O) groups excluding carboxylic acids is 1. The van der Waals surface area contributed by atoms with Gasteiger partial charge in [-0.2, -0.15) is 0 Å². The molecule has 0 unspecified atom stereocenters. The second-order valence-corrected chi connectivity index (χ2v) is 6.34. The zero-order valence-corrected chi connectivity index (χ0v) is 14.1. The summed E-state index contributed by atoms with van der Waals surface area (Å²) < 4.78 is 10.5. The van der Waals surface area contributed by atoms with E-state index in [-0.39, 0.29) is 12.1 Å². The third-order valence-electron chi connectivity index (χ3n) is 4.03. The van der Waals surface area contributed by atoms with Crippen molar-refractivity contribution in [2.45, 2.75) is 18.9 Å². The first-order valence-electron chi connectivity index (χ1n) is 7.56. The Kier molecular flexibility index (Phi) is 4.71. The van der Waals surface area contributed by atoms with Gasteiger partial charge in [0, 0.05) is 17.5 Å². The van der Waals surface area contributed by atoms with E-state index >= 15 is 0 Å². The molecule has 1 fully saturated rings. The van der Waals surface area contributed by atoms with Crippen molar-refractivity contribution in [1.29, 1.82) is 0 Å². The first kappa shape index (κ1) is 15.7. The molecule has 1 aliphatic heterocycles. The SMILES string of the molecule is COc1ccc(OC)c(NC(=O)N2CCC[C@H]2c2cccs2)c1. The number of urea groups is 1. The van der Waals surface area contributed by atoms with Crippen LogP contribution in [-0.2, 0) is 0 Å². The zero-order valence-electron chi connectivity index (χ0n) is 13.2. The molecule has 0 aliphatic carbocycles. The number of hydrogen-bond donors (Lipinski definition) is 1. The maximum Gasteiger partial charge on any atom is 0.322 e. The van der Waals surface area contributed by atoms with Crippen LogP contribution in [0, 0.1) is 0 Å². The van der Waals surface area contributed by atoms with Crippen LogP contribution in [-0.4, -0.2) is 31.7 Å². The number of anilines is 1. The molecule has 5 nitrogen and oxygen atoms in total. The van der Waals surface area contributed by atoms with E-state index in [1.54, 1.807) is 43.8 Å². The molecule has 23 heavy (non-hydrogen) atoms. The Morgan fingerprint density at radius 3 is 2.87 bits per heavy atom. The van der Waals surface area contributed by atoms with Crippen LogP contribution < -0.4 is 14.8 Å². The molecule has 1 saturated heterocycles. The van der Waals surface area contributed by atoms with Gasteiger partial charge in [0.1, 0.15) is 11.5 Å². The smallest absolute Gasteiger partial charge is 0.322 e. The van der Waals surface area contributed by atoms with Crippen LogP contribution in [0.4, 0.5) is 10.5 Å². The van der Waals surface area contributed by atoms with E-state index in [0.717, 1.165) is 19.4 Å². The predicted octanol–water partition coefficient (Wildman–Crippen LogP) is 4.13. The van der Waals surface area contributed by atoms with E-state index in [1.165, 1.54) is 4.88 Å². The maximum absolute atomic E-state index is 12.7. The third-order valence-corrected chi connectivity index (χ3v) is 5.01. The van der Waals surface area contributed by atoms with Crippen LogP contribution in [0.1, 0.15) is 23.8 Å². The monoisotopic (exact) mass is 332 g/mol. The molecule has 2 aromatic rings. The predicted molar refractivity (Wildman–Crippen MR) is 91.6 cm³/mol. The average Bonchev–Trinajstić information content (AvgIpc) is 3.25. The number of amides is 2. The van der Waals surface area contributed by atoms with E-state index in [1.807, 2.05) is 11.0 Å². The van der Waals surface area contributed by atoms with Gasteiger partial charge in [0.05, 0.1) is 25.9 Å². The number of carbonyl (C=O) groups is 1. The fourth-order valence-corrected chi connectivity index (χ4v) is 3.76. The summed E-state index contributed by atoms with van der Waals surface area (Å²) >= 11 is 1.70. The molecule has 1 aromatic heterocycles. The highest BCUT2D eigenvalue weighted by Crippen LogP contribution is 2.36. The Hall–Kier alpha value is -2.21. The Balaban J connectivity index is 1.78. The first-order chi connectivity index (χ1) is 11.2. The van der Waals surface area contributed by atoms with Gasteiger partial charge in [0.15, 0.2) is 0 Å². The molecule has 0 radical (unpaired) electrons. The van der Waals surface area contributed by atoms with Gasteiger partial charge >= 0.3 is 6.03 Å². The molecule has 0 spiro atoms. The highest BCUT2D eigenvalue weighted by Gasteiger charge is 2.31. The lowest BCUT2D eigenvalue weighted by Crippen LogP contribution is -2.34. The Morgan fingerprint density at radius 2 is 2.17 bits per heavy atom. The van der Waals surface area contributed by atoms with Crippen LogP contribution in [0.5, 0.6) is 11.5 Å².